The summed E-state index contributed by atoms with van der Waals surface area (Å²) in [6.07, 6.45) is 1.00. The minimum atomic E-state index is -0.540. The fourth-order valence-corrected chi connectivity index (χ4v) is 2.10. The lowest BCUT2D eigenvalue weighted by Gasteiger charge is -2.06. The van der Waals surface area contributed by atoms with E-state index in [9.17, 15) is 20.0 Å². The van der Waals surface area contributed by atoms with Gasteiger partial charge in [-0.1, -0.05) is 6.92 Å². The van der Waals surface area contributed by atoms with Crippen molar-refractivity contribution in [2.75, 3.05) is 11.5 Å². The SMILES string of the molecule is CCCSCC(=O)NCc1cc([N+](=O)[O-])ccc1O. The first-order chi connectivity index (χ1) is 9.04. The normalized spacial score (nSPS) is 10.2. The molecule has 0 unspecified atom stereocenters. The average molecular weight is 284 g/mol. The Hall–Kier alpha value is -1.76. The van der Waals surface area contributed by atoms with Gasteiger partial charge in [-0.2, -0.15) is 11.8 Å². The van der Waals surface area contributed by atoms with Crippen molar-refractivity contribution in [1.82, 2.24) is 5.32 Å². The molecule has 19 heavy (non-hydrogen) atoms. The van der Waals surface area contributed by atoms with Crippen LogP contribution >= 0.6 is 11.8 Å². The third-order valence-electron chi connectivity index (χ3n) is 2.33. The number of nitrogens with one attached hydrogen (secondary N) is 1. The molecular weight excluding hydrogens is 268 g/mol. The van der Waals surface area contributed by atoms with E-state index in [4.69, 9.17) is 0 Å². The van der Waals surface area contributed by atoms with Crippen molar-refractivity contribution < 1.29 is 14.8 Å². The first-order valence-corrected chi connectivity index (χ1v) is 7.00. The summed E-state index contributed by atoms with van der Waals surface area (Å²) < 4.78 is 0. The number of nitro groups is 1. The molecule has 1 rings (SSSR count). The summed E-state index contributed by atoms with van der Waals surface area (Å²) in [5.74, 6) is 1.05. The Morgan fingerprint density at radius 1 is 1.53 bits per heavy atom. The van der Waals surface area contributed by atoms with Crippen LogP contribution in [0.25, 0.3) is 0 Å². The third-order valence-corrected chi connectivity index (χ3v) is 3.49. The number of phenolic OH excluding ortho intramolecular Hbond substituents is 1. The van der Waals surface area contributed by atoms with Gasteiger partial charge in [0.2, 0.25) is 5.91 Å². The van der Waals surface area contributed by atoms with E-state index in [-0.39, 0.29) is 23.9 Å². The Kier molecular flexibility index (Phi) is 6.14. The maximum Gasteiger partial charge on any atom is 0.270 e. The van der Waals surface area contributed by atoms with Crippen LogP contribution in [0, 0.1) is 10.1 Å². The predicted octanol–water partition coefficient (Wildman–Crippen LogP) is 2.06. The van der Waals surface area contributed by atoms with E-state index in [1.807, 2.05) is 6.92 Å². The minimum Gasteiger partial charge on any atom is -0.508 e. The van der Waals surface area contributed by atoms with Crippen LogP contribution in [0.1, 0.15) is 18.9 Å². The number of carbonyl (C=O) groups excluding carboxylic acids is 1. The summed E-state index contributed by atoms with van der Waals surface area (Å²) in [4.78, 5) is 21.5. The van der Waals surface area contributed by atoms with Crippen molar-refractivity contribution in [2.24, 2.45) is 0 Å². The molecule has 0 aliphatic heterocycles. The number of nitro benzene ring substituents is 1. The maximum absolute atomic E-state index is 11.5. The molecule has 104 valence electrons. The summed E-state index contributed by atoms with van der Waals surface area (Å²) in [5.41, 5.74) is 0.227. The number of benzene rings is 1. The third kappa shape index (κ3) is 5.17. The number of amides is 1. The van der Waals surface area contributed by atoms with E-state index in [2.05, 4.69) is 5.32 Å². The Labute approximate surface area is 115 Å². The highest BCUT2D eigenvalue weighted by Gasteiger charge is 2.11. The first-order valence-electron chi connectivity index (χ1n) is 5.85. The van der Waals surface area contributed by atoms with Crippen LogP contribution in [0.2, 0.25) is 0 Å². The summed E-state index contributed by atoms with van der Waals surface area (Å²) in [6.45, 7) is 2.12. The zero-order valence-corrected chi connectivity index (χ0v) is 11.4. The van der Waals surface area contributed by atoms with Crippen molar-refractivity contribution in [1.29, 1.82) is 0 Å². The first kappa shape index (κ1) is 15.3. The van der Waals surface area contributed by atoms with Gasteiger partial charge in [0.05, 0.1) is 10.7 Å². The van der Waals surface area contributed by atoms with Crippen LogP contribution in [-0.4, -0.2) is 27.4 Å². The van der Waals surface area contributed by atoms with Crippen molar-refractivity contribution in [2.45, 2.75) is 19.9 Å². The van der Waals surface area contributed by atoms with E-state index in [1.54, 1.807) is 0 Å². The molecule has 6 nitrogen and oxygen atoms in total. The van der Waals surface area contributed by atoms with Gasteiger partial charge in [-0.15, -0.1) is 0 Å². The number of rotatable bonds is 7. The highest BCUT2D eigenvalue weighted by molar-refractivity contribution is 7.99. The number of carbonyl (C=O) groups is 1. The molecule has 0 aliphatic carbocycles. The van der Waals surface area contributed by atoms with Gasteiger partial charge in [0, 0.05) is 24.2 Å². The number of aromatic hydroxyl groups is 1. The van der Waals surface area contributed by atoms with Crippen molar-refractivity contribution in [3.05, 3.63) is 33.9 Å². The molecule has 1 aromatic carbocycles. The van der Waals surface area contributed by atoms with Crippen molar-refractivity contribution in [3.63, 3.8) is 0 Å². The van der Waals surface area contributed by atoms with Crippen LogP contribution < -0.4 is 5.32 Å². The lowest BCUT2D eigenvalue weighted by Crippen LogP contribution is -2.24. The second kappa shape index (κ2) is 7.63. The molecule has 0 atom stereocenters. The molecule has 2 N–H and O–H groups in total. The maximum atomic E-state index is 11.5. The van der Waals surface area contributed by atoms with Crippen LogP contribution in [0.5, 0.6) is 5.75 Å². The zero-order chi connectivity index (χ0) is 14.3. The largest absolute Gasteiger partial charge is 0.508 e. The van der Waals surface area contributed by atoms with Crippen LogP contribution in [0.3, 0.4) is 0 Å². The molecule has 0 spiro atoms. The smallest absolute Gasteiger partial charge is 0.270 e. The fourth-order valence-electron chi connectivity index (χ4n) is 1.38. The van der Waals surface area contributed by atoms with Gasteiger partial charge in [-0.25, -0.2) is 0 Å². The molecule has 1 aromatic rings. The van der Waals surface area contributed by atoms with E-state index >= 15 is 0 Å². The molecule has 0 aromatic heterocycles. The summed E-state index contributed by atoms with van der Waals surface area (Å²) >= 11 is 1.53. The summed E-state index contributed by atoms with van der Waals surface area (Å²) in [5, 5.41) is 22.8. The number of thioether (sulfide) groups is 1. The molecule has 0 aliphatic rings. The Morgan fingerprint density at radius 2 is 2.26 bits per heavy atom. The Morgan fingerprint density at radius 3 is 2.89 bits per heavy atom. The molecule has 0 saturated heterocycles. The molecule has 0 fully saturated rings. The van der Waals surface area contributed by atoms with Crippen molar-refractivity contribution >= 4 is 23.4 Å². The molecule has 0 saturated carbocycles. The van der Waals surface area contributed by atoms with E-state index < -0.39 is 4.92 Å². The van der Waals surface area contributed by atoms with Gasteiger partial charge in [0.25, 0.3) is 5.69 Å². The lowest BCUT2D eigenvalue weighted by molar-refractivity contribution is -0.384. The van der Waals surface area contributed by atoms with Crippen molar-refractivity contribution in [3.8, 4) is 5.75 Å². The fraction of sp³-hybridized carbons (Fsp3) is 0.417. The molecule has 0 bridgehead atoms. The second-order valence-corrected chi connectivity index (χ2v) is 5.00. The molecule has 0 heterocycles. The van der Waals surface area contributed by atoms with E-state index in [0.717, 1.165) is 12.2 Å². The number of phenols is 1. The molecule has 0 radical (unpaired) electrons. The number of hydrogen-bond acceptors (Lipinski definition) is 5. The Bertz CT molecular complexity index is 465. The lowest BCUT2D eigenvalue weighted by atomic mass is 10.2. The molecule has 7 heteroatoms. The predicted molar refractivity (Wildman–Crippen MR) is 74.2 cm³/mol. The topological polar surface area (TPSA) is 92.5 Å². The van der Waals surface area contributed by atoms with Gasteiger partial charge in [-0.3, -0.25) is 14.9 Å². The minimum absolute atomic E-state index is 0.0629. The van der Waals surface area contributed by atoms with E-state index in [0.29, 0.717) is 11.3 Å². The van der Waals surface area contributed by atoms with Crippen LogP contribution in [0.15, 0.2) is 18.2 Å². The van der Waals surface area contributed by atoms with Crippen LogP contribution in [-0.2, 0) is 11.3 Å². The number of hydrogen-bond donors (Lipinski definition) is 2. The van der Waals surface area contributed by atoms with Crippen LogP contribution in [0.4, 0.5) is 5.69 Å². The average Bonchev–Trinajstić information content (AvgIpc) is 2.37. The van der Waals surface area contributed by atoms with Gasteiger partial charge in [-0.05, 0) is 18.2 Å². The van der Waals surface area contributed by atoms with Gasteiger partial charge < -0.3 is 10.4 Å². The molecular formula is C12H16N2O4S. The Balaban J connectivity index is 2.54. The van der Waals surface area contributed by atoms with Gasteiger partial charge in [0.1, 0.15) is 5.75 Å². The number of nitrogens with zero attached hydrogens (tertiary/aromatic N) is 1. The zero-order valence-electron chi connectivity index (χ0n) is 10.6. The standard InChI is InChI=1S/C12H16N2O4S/c1-2-5-19-8-12(16)13-7-9-6-10(14(17)18)3-4-11(9)15/h3-4,6,15H,2,5,7-8H2,1H3,(H,13,16). The van der Waals surface area contributed by atoms with Gasteiger partial charge in [0.15, 0.2) is 0 Å². The monoisotopic (exact) mass is 284 g/mol. The molecule has 1 amide bonds. The summed E-state index contributed by atoms with van der Waals surface area (Å²) in [6, 6.07) is 3.73. The summed E-state index contributed by atoms with van der Waals surface area (Å²) in [7, 11) is 0. The highest BCUT2D eigenvalue weighted by atomic mass is 32.2. The number of non-ortho nitro benzene ring substituents is 1. The van der Waals surface area contributed by atoms with E-state index in [1.165, 1.54) is 30.0 Å². The quantitative estimate of drug-likeness (QED) is 0.454. The van der Waals surface area contributed by atoms with Gasteiger partial charge >= 0.3 is 0 Å². The highest BCUT2D eigenvalue weighted by Crippen LogP contribution is 2.22. The second-order valence-electron chi connectivity index (χ2n) is 3.90.